The summed E-state index contributed by atoms with van der Waals surface area (Å²) < 4.78 is 1.49. The minimum Gasteiger partial charge on any atom is -0.389 e. The summed E-state index contributed by atoms with van der Waals surface area (Å²) in [5.41, 5.74) is 4.23. The van der Waals surface area contributed by atoms with Crippen LogP contribution in [0, 0.1) is 6.92 Å². The molecular weight excluding hydrogens is 344 g/mol. The molecule has 1 aromatic carbocycles. The van der Waals surface area contributed by atoms with E-state index >= 15 is 0 Å². The van der Waals surface area contributed by atoms with Gasteiger partial charge in [0, 0.05) is 24.9 Å². The van der Waals surface area contributed by atoms with Crippen LogP contribution in [-0.4, -0.2) is 21.0 Å². The van der Waals surface area contributed by atoms with Gasteiger partial charge in [-0.3, -0.25) is 14.0 Å². The summed E-state index contributed by atoms with van der Waals surface area (Å²) in [5, 5.41) is 6.80. The molecule has 0 aliphatic rings. The molecule has 0 aliphatic carbocycles. The highest BCUT2D eigenvalue weighted by molar-refractivity contribution is 5.99. The maximum atomic E-state index is 12.1. The average molecular weight is 364 g/mol. The van der Waals surface area contributed by atoms with Crippen molar-refractivity contribution >= 4 is 23.0 Å². The van der Waals surface area contributed by atoms with Crippen molar-refractivity contribution in [3.63, 3.8) is 0 Å². The van der Waals surface area contributed by atoms with Crippen molar-refractivity contribution in [3.05, 3.63) is 75.8 Å². The Kier molecular flexibility index (Phi) is 5.30. The normalized spacial score (nSPS) is 11.4. The molecule has 7 nitrogen and oxygen atoms in total. The van der Waals surface area contributed by atoms with Crippen LogP contribution in [0.5, 0.6) is 0 Å². The summed E-state index contributed by atoms with van der Waals surface area (Å²) in [4.78, 5) is 33.0. The van der Waals surface area contributed by atoms with Crippen LogP contribution in [0.4, 0.5) is 5.69 Å². The fourth-order valence-corrected chi connectivity index (χ4v) is 2.57. The fraction of sp³-hybridized carbons (Fsp3) is 0.200. The predicted molar refractivity (Wildman–Crippen MR) is 104 cm³/mol. The first-order chi connectivity index (χ1) is 12.9. The van der Waals surface area contributed by atoms with Gasteiger partial charge in [0.2, 0.25) is 5.91 Å². The van der Waals surface area contributed by atoms with Crippen molar-refractivity contribution in [1.29, 1.82) is 0 Å². The number of carbonyl (C=O) groups excluding carboxylic acids is 1. The Hall–Kier alpha value is -3.48. The minimum absolute atomic E-state index is 0.0982. The maximum Gasteiger partial charge on any atom is 0.258 e. The molecule has 0 aliphatic heterocycles. The number of aryl methyl sites for hydroxylation is 1. The van der Waals surface area contributed by atoms with Gasteiger partial charge < -0.3 is 10.2 Å². The lowest BCUT2D eigenvalue weighted by Gasteiger charge is -2.06. The third-order valence-corrected chi connectivity index (χ3v) is 3.91. The zero-order valence-corrected chi connectivity index (χ0v) is 15.4. The van der Waals surface area contributed by atoms with Crippen molar-refractivity contribution in [2.45, 2.75) is 27.4 Å². The van der Waals surface area contributed by atoms with Crippen LogP contribution in [0.2, 0.25) is 0 Å². The summed E-state index contributed by atoms with van der Waals surface area (Å²) in [6, 6.07) is 12.4. The van der Waals surface area contributed by atoms with E-state index in [-0.39, 0.29) is 18.1 Å². The molecule has 27 heavy (non-hydrogen) atoms. The Balaban J connectivity index is 1.70. The Bertz CT molecular complexity index is 1070. The summed E-state index contributed by atoms with van der Waals surface area (Å²) >= 11 is 0. The monoisotopic (exact) mass is 364 g/mol. The summed E-state index contributed by atoms with van der Waals surface area (Å²) in [6.45, 7) is 5.32. The van der Waals surface area contributed by atoms with Gasteiger partial charge >= 0.3 is 0 Å². The van der Waals surface area contributed by atoms with Crippen molar-refractivity contribution < 1.29 is 9.63 Å². The molecule has 0 radical (unpaired) electrons. The number of benzene rings is 1. The molecule has 1 N–H and O–H groups in total. The lowest BCUT2D eigenvalue weighted by molar-refractivity contribution is -0.114. The number of oxime groups is 1. The molecule has 2 aromatic heterocycles. The van der Waals surface area contributed by atoms with Crippen molar-refractivity contribution in [2.24, 2.45) is 5.16 Å². The number of hydrogen-bond donors (Lipinski definition) is 1. The van der Waals surface area contributed by atoms with Crippen LogP contribution in [0.15, 0.2) is 58.6 Å². The second-order valence-corrected chi connectivity index (χ2v) is 6.23. The lowest BCUT2D eigenvalue weighted by Crippen LogP contribution is -2.15. The quantitative estimate of drug-likeness (QED) is 0.557. The highest BCUT2D eigenvalue weighted by atomic mass is 16.6. The van der Waals surface area contributed by atoms with Crippen LogP contribution >= 0.6 is 0 Å². The Labute approximate surface area is 156 Å². The van der Waals surface area contributed by atoms with Gasteiger partial charge in [0.25, 0.3) is 5.56 Å². The second-order valence-electron chi connectivity index (χ2n) is 6.23. The zero-order valence-electron chi connectivity index (χ0n) is 15.4. The average Bonchev–Trinajstić information content (AvgIpc) is 2.61. The molecule has 3 aromatic rings. The van der Waals surface area contributed by atoms with E-state index in [9.17, 15) is 9.59 Å². The molecule has 3 rings (SSSR count). The minimum atomic E-state index is -0.159. The first-order valence-electron chi connectivity index (χ1n) is 8.46. The van der Waals surface area contributed by atoms with Gasteiger partial charge in [-0.2, -0.15) is 0 Å². The number of pyridine rings is 1. The van der Waals surface area contributed by atoms with E-state index in [1.54, 1.807) is 18.3 Å². The molecule has 7 heteroatoms. The standard InChI is InChI=1S/C20H20N4O3/c1-13-8-9-24-19(10-13)22-18(11-20(24)26)12-27-23-14(2)16-4-6-17(7-5-16)21-15(3)25/h4-11H,12H2,1-3H3,(H,21,25)/b23-14+. The molecule has 138 valence electrons. The molecule has 0 saturated carbocycles. The highest BCUT2D eigenvalue weighted by Gasteiger charge is 2.04. The first-order valence-corrected chi connectivity index (χ1v) is 8.46. The number of hydrogen-bond acceptors (Lipinski definition) is 5. The maximum absolute atomic E-state index is 12.1. The van der Waals surface area contributed by atoms with Gasteiger partial charge in [-0.1, -0.05) is 17.3 Å². The number of amides is 1. The van der Waals surface area contributed by atoms with E-state index in [0.29, 0.717) is 17.1 Å². The van der Waals surface area contributed by atoms with Crippen LogP contribution in [0.3, 0.4) is 0 Å². The van der Waals surface area contributed by atoms with Gasteiger partial charge in [-0.25, -0.2) is 4.98 Å². The van der Waals surface area contributed by atoms with E-state index in [1.807, 2.05) is 38.1 Å². The summed E-state index contributed by atoms with van der Waals surface area (Å²) in [6.07, 6.45) is 1.71. The number of nitrogens with zero attached hydrogens (tertiary/aromatic N) is 3. The van der Waals surface area contributed by atoms with Crippen molar-refractivity contribution in [1.82, 2.24) is 9.38 Å². The molecule has 0 fully saturated rings. The van der Waals surface area contributed by atoms with Gasteiger partial charge in [0.1, 0.15) is 5.65 Å². The third-order valence-electron chi connectivity index (χ3n) is 3.91. The molecule has 0 bridgehead atoms. The molecule has 0 saturated heterocycles. The van der Waals surface area contributed by atoms with Crippen molar-refractivity contribution in [3.8, 4) is 0 Å². The van der Waals surface area contributed by atoms with E-state index in [0.717, 1.165) is 16.8 Å². The zero-order chi connectivity index (χ0) is 19.4. The van der Waals surface area contributed by atoms with Crippen LogP contribution in [0.25, 0.3) is 5.65 Å². The topological polar surface area (TPSA) is 85.1 Å². The Morgan fingerprint density at radius 3 is 2.63 bits per heavy atom. The van der Waals surface area contributed by atoms with E-state index in [1.165, 1.54) is 17.4 Å². The predicted octanol–water partition coefficient (Wildman–Crippen LogP) is 2.90. The van der Waals surface area contributed by atoms with Crippen LogP contribution in [-0.2, 0) is 16.2 Å². The van der Waals surface area contributed by atoms with Gasteiger partial charge in [-0.05, 0) is 49.2 Å². The fourth-order valence-electron chi connectivity index (χ4n) is 2.57. The van der Waals surface area contributed by atoms with Crippen LogP contribution in [0.1, 0.15) is 30.7 Å². The largest absolute Gasteiger partial charge is 0.389 e. The third kappa shape index (κ3) is 4.58. The SMILES string of the molecule is CC(=O)Nc1ccc(/C(C)=N/OCc2cc(=O)n3ccc(C)cc3n2)cc1. The van der Waals surface area contributed by atoms with Gasteiger partial charge in [0.05, 0.1) is 11.4 Å². The molecule has 0 atom stereocenters. The number of rotatable bonds is 5. The molecular formula is C20H20N4O3. The molecule has 1 amide bonds. The first kappa shape index (κ1) is 18.3. The van der Waals surface area contributed by atoms with E-state index in [4.69, 9.17) is 4.84 Å². The van der Waals surface area contributed by atoms with Crippen LogP contribution < -0.4 is 10.9 Å². The Morgan fingerprint density at radius 1 is 1.19 bits per heavy atom. The number of fused-ring (bicyclic) bond motifs is 1. The van der Waals surface area contributed by atoms with E-state index < -0.39 is 0 Å². The summed E-state index contributed by atoms with van der Waals surface area (Å²) in [5.74, 6) is -0.120. The van der Waals surface area contributed by atoms with Gasteiger partial charge in [0.15, 0.2) is 6.61 Å². The lowest BCUT2D eigenvalue weighted by atomic mass is 10.1. The van der Waals surface area contributed by atoms with E-state index in [2.05, 4.69) is 15.5 Å². The smallest absolute Gasteiger partial charge is 0.258 e. The highest BCUT2D eigenvalue weighted by Crippen LogP contribution is 2.11. The van der Waals surface area contributed by atoms with Gasteiger partial charge in [-0.15, -0.1) is 0 Å². The molecule has 0 spiro atoms. The number of nitrogens with one attached hydrogen (secondary N) is 1. The molecule has 2 heterocycles. The Morgan fingerprint density at radius 2 is 1.93 bits per heavy atom. The molecule has 0 unspecified atom stereocenters. The number of aromatic nitrogens is 2. The van der Waals surface area contributed by atoms with Crippen molar-refractivity contribution in [2.75, 3.05) is 5.32 Å². The number of carbonyl (C=O) groups is 1. The second kappa shape index (κ2) is 7.82. The summed E-state index contributed by atoms with van der Waals surface area (Å²) in [7, 11) is 0. The number of anilines is 1.